The molecule has 10 heteroatoms. The van der Waals surface area contributed by atoms with Crippen molar-refractivity contribution in [3.63, 3.8) is 0 Å². The topological polar surface area (TPSA) is 95.6 Å². The summed E-state index contributed by atoms with van der Waals surface area (Å²) in [5, 5.41) is 3.91. The summed E-state index contributed by atoms with van der Waals surface area (Å²) in [7, 11) is 0. The molecule has 1 N–H and O–H groups in total. The molecule has 5 rings (SSSR count). The van der Waals surface area contributed by atoms with Crippen LogP contribution in [0.5, 0.6) is 11.5 Å². The molecular formula is C22H19N3O5S2. The van der Waals surface area contributed by atoms with Gasteiger partial charge in [0.1, 0.15) is 10.6 Å². The summed E-state index contributed by atoms with van der Waals surface area (Å²) in [6.45, 7) is 2.47. The van der Waals surface area contributed by atoms with Gasteiger partial charge in [-0.05, 0) is 36.8 Å². The Hall–Kier alpha value is -3.24. The van der Waals surface area contributed by atoms with Crippen molar-refractivity contribution in [2.75, 3.05) is 17.9 Å². The van der Waals surface area contributed by atoms with Gasteiger partial charge in [0.15, 0.2) is 16.7 Å². The van der Waals surface area contributed by atoms with E-state index in [1.807, 2.05) is 19.1 Å². The normalized spacial score (nSPS) is 12.4. The van der Waals surface area contributed by atoms with Crippen LogP contribution >= 0.6 is 23.1 Å². The number of nitrogens with one attached hydrogen (secondary N) is 1. The maximum Gasteiger partial charge on any atom is 0.263 e. The predicted octanol–water partition coefficient (Wildman–Crippen LogP) is 4.12. The van der Waals surface area contributed by atoms with Gasteiger partial charge in [0, 0.05) is 16.6 Å². The average molecular weight is 470 g/mol. The highest BCUT2D eigenvalue weighted by Gasteiger charge is 2.18. The maximum absolute atomic E-state index is 13.2. The number of hydrogen-bond donors (Lipinski definition) is 1. The average Bonchev–Trinajstić information content (AvgIpc) is 3.54. The van der Waals surface area contributed by atoms with E-state index in [4.69, 9.17) is 18.9 Å². The Morgan fingerprint density at radius 1 is 1.25 bits per heavy atom. The summed E-state index contributed by atoms with van der Waals surface area (Å²) in [6.07, 6.45) is 2.40. The number of rotatable bonds is 7. The van der Waals surface area contributed by atoms with Gasteiger partial charge in [-0.15, -0.1) is 11.3 Å². The van der Waals surface area contributed by atoms with Crippen molar-refractivity contribution in [3.05, 3.63) is 63.7 Å². The number of carbonyl (C=O) groups is 1. The summed E-state index contributed by atoms with van der Waals surface area (Å²) in [5.74, 6) is 1.77. The van der Waals surface area contributed by atoms with Gasteiger partial charge in [0.05, 0.1) is 23.9 Å². The van der Waals surface area contributed by atoms with Crippen molar-refractivity contribution in [3.8, 4) is 11.5 Å². The first-order valence-corrected chi connectivity index (χ1v) is 11.8. The number of aryl methyl sites for hydroxylation is 1. The van der Waals surface area contributed by atoms with E-state index in [1.54, 1.807) is 35.1 Å². The molecule has 8 nitrogen and oxygen atoms in total. The molecule has 3 aromatic heterocycles. The number of fused-ring (bicyclic) bond motifs is 2. The molecule has 0 fully saturated rings. The number of nitrogens with zero attached hydrogens (tertiary/aromatic N) is 2. The molecule has 0 bridgehead atoms. The van der Waals surface area contributed by atoms with Crippen molar-refractivity contribution in [1.82, 2.24) is 9.55 Å². The minimum atomic E-state index is -0.215. The molecule has 32 heavy (non-hydrogen) atoms. The molecule has 1 amide bonds. The fourth-order valence-corrected chi connectivity index (χ4v) is 5.14. The van der Waals surface area contributed by atoms with Gasteiger partial charge in [0.2, 0.25) is 12.7 Å². The number of carbonyl (C=O) groups excluding carboxylic acids is 1. The molecule has 0 saturated heterocycles. The fraction of sp³-hybridized carbons (Fsp3) is 0.227. The minimum Gasteiger partial charge on any atom is -0.467 e. The zero-order valence-electron chi connectivity index (χ0n) is 17.1. The molecule has 0 saturated carbocycles. The van der Waals surface area contributed by atoms with Crippen LogP contribution in [-0.2, 0) is 17.8 Å². The van der Waals surface area contributed by atoms with Crippen molar-refractivity contribution >= 4 is 44.9 Å². The van der Waals surface area contributed by atoms with Crippen LogP contribution in [0.4, 0.5) is 5.69 Å². The highest BCUT2D eigenvalue weighted by molar-refractivity contribution is 7.99. The SMILES string of the molecule is CCc1cc2c(=O)n(Cc3ccco3)c(SCC(=O)Nc3ccc4c(c3)OCO4)nc2s1. The number of amides is 1. The van der Waals surface area contributed by atoms with Gasteiger partial charge in [-0.2, -0.15) is 0 Å². The first-order valence-electron chi connectivity index (χ1n) is 9.98. The zero-order valence-corrected chi connectivity index (χ0v) is 18.8. The Balaban J connectivity index is 1.38. The Kier molecular flexibility index (Phi) is 5.62. The molecule has 0 unspecified atom stereocenters. The van der Waals surface area contributed by atoms with Crippen LogP contribution in [0.1, 0.15) is 17.6 Å². The van der Waals surface area contributed by atoms with Gasteiger partial charge in [-0.3, -0.25) is 14.2 Å². The molecule has 0 radical (unpaired) electrons. The van der Waals surface area contributed by atoms with Crippen molar-refractivity contribution < 1.29 is 18.7 Å². The molecule has 4 heterocycles. The standard InChI is InChI=1S/C22H19N3O5S2/c1-2-15-9-16-20(32-15)24-22(25(21(16)27)10-14-4-3-7-28-14)31-11-19(26)23-13-5-6-17-18(8-13)30-12-29-17/h3-9H,2,10-12H2,1H3,(H,23,26). The zero-order chi connectivity index (χ0) is 22.1. The second-order valence-corrected chi connectivity index (χ2v) is 9.11. The molecule has 164 valence electrons. The number of aromatic nitrogens is 2. The summed E-state index contributed by atoms with van der Waals surface area (Å²) < 4.78 is 17.6. The van der Waals surface area contributed by atoms with Crippen molar-refractivity contribution in [2.45, 2.75) is 25.0 Å². The number of thioether (sulfide) groups is 1. The molecule has 0 spiro atoms. The van der Waals surface area contributed by atoms with Crippen LogP contribution in [0.3, 0.4) is 0 Å². The van der Waals surface area contributed by atoms with Crippen LogP contribution in [0.25, 0.3) is 10.2 Å². The van der Waals surface area contributed by atoms with Gasteiger partial charge < -0.3 is 19.2 Å². The lowest BCUT2D eigenvalue weighted by Crippen LogP contribution is -2.24. The number of ether oxygens (including phenoxy) is 2. The van der Waals surface area contributed by atoms with Crippen molar-refractivity contribution in [2.24, 2.45) is 0 Å². The molecule has 1 aliphatic heterocycles. The van der Waals surface area contributed by atoms with Gasteiger partial charge in [0.25, 0.3) is 5.56 Å². The number of anilines is 1. The minimum absolute atomic E-state index is 0.0938. The van der Waals surface area contributed by atoms with Crippen molar-refractivity contribution in [1.29, 1.82) is 0 Å². The van der Waals surface area contributed by atoms with E-state index in [9.17, 15) is 9.59 Å². The highest BCUT2D eigenvalue weighted by atomic mass is 32.2. The second kappa shape index (κ2) is 8.71. The smallest absolute Gasteiger partial charge is 0.263 e. The molecular weight excluding hydrogens is 450 g/mol. The van der Waals surface area contributed by atoms with E-state index in [0.29, 0.717) is 38.3 Å². The number of benzene rings is 1. The largest absolute Gasteiger partial charge is 0.467 e. The Morgan fingerprint density at radius 2 is 2.12 bits per heavy atom. The Labute approximate surface area is 191 Å². The van der Waals surface area contributed by atoms with Crippen LogP contribution in [0.2, 0.25) is 0 Å². The Bertz CT molecular complexity index is 1340. The quantitative estimate of drug-likeness (QED) is 0.321. The van der Waals surface area contributed by atoms with E-state index in [-0.39, 0.29) is 30.6 Å². The van der Waals surface area contributed by atoms with Crippen LogP contribution < -0.4 is 20.3 Å². The fourth-order valence-electron chi connectivity index (χ4n) is 3.33. The van der Waals surface area contributed by atoms with E-state index in [0.717, 1.165) is 11.3 Å². The van der Waals surface area contributed by atoms with Crippen LogP contribution in [-0.4, -0.2) is 28.0 Å². The maximum atomic E-state index is 13.2. The number of thiophene rings is 1. The third kappa shape index (κ3) is 4.11. The molecule has 1 aromatic carbocycles. The van der Waals surface area contributed by atoms with E-state index in [2.05, 4.69) is 5.32 Å². The third-order valence-electron chi connectivity index (χ3n) is 4.90. The summed E-state index contributed by atoms with van der Waals surface area (Å²) in [4.78, 5) is 32.2. The van der Waals surface area contributed by atoms with Crippen LogP contribution in [0, 0.1) is 0 Å². The lowest BCUT2D eigenvalue weighted by atomic mass is 10.3. The lowest BCUT2D eigenvalue weighted by Gasteiger charge is -2.11. The van der Waals surface area contributed by atoms with Crippen LogP contribution in [0.15, 0.2) is 57.0 Å². The molecule has 4 aromatic rings. The van der Waals surface area contributed by atoms with Gasteiger partial charge >= 0.3 is 0 Å². The van der Waals surface area contributed by atoms with E-state index < -0.39 is 0 Å². The highest BCUT2D eigenvalue weighted by Crippen LogP contribution is 2.34. The molecule has 0 atom stereocenters. The number of hydrogen-bond acceptors (Lipinski definition) is 8. The summed E-state index contributed by atoms with van der Waals surface area (Å²) in [6, 6.07) is 10.7. The lowest BCUT2D eigenvalue weighted by molar-refractivity contribution is -0.113. The van der Waals surface area contributed by atoms with E-state index in [1.165, 1.54) is 23.1 Å². The monoisotopic (exact) mass is 469 g/mol. The van der Waals surface area contributed by atoms with Gasteiger partial charge in [-0.25, -0.2) is 4.98 Å². The van der Waals surface area contributed by atoms with E-state index >= 15 is 0 Å². The Morgan fingerprint density at radius 3 is 2.94 bits per heavy atom. The summed E-state index contributed by atoms with van der Waals surface area (Å²) >= 11 is 2.72. The van der Waals surface area contributed by atoms with Gasteiger partial charge in [-0.1, -0.05) is 18.7 Å². The molecule has 0 aliphatic carbocycles. The first-order chi connectivity index (χ1) is 15.6. The third-order valence-corrected chi connectivity index (χ3v) is 7.05. The molecule has 1 aliphatic rings. The summed E-state index contributed by atoms with van der Waals surface area (Å²) in [5.41, 5.74) is 0.475. The first kappa shape index (κ1) is 20.7. The predicted molar refractivity (Wildman–Crippen MR) is 123 cm³/mol. The number of furan rings is 1. The second-order valence-electron chi connectivity index (χ2n) is 7.06.